The molecule has 0 radical (unpaired) electrons. The highest BCUT2D eigenvalue weighted by molar-refractivity contribution is 7.90. The van der Waals surface area contributed by atoms with Crippen LogP contribution in [0.1, 0.15) is 11.5 Å². The van der Waals surface area contributed by atoms with Gasteiger partial charge in [0.15, 0.2) is 9.84 Å². The summed E-state index contributed by atoms with van der Waals surface area (Å²) in [6, 6.07) is 8.32. The summed E-state index contributed by atoms with van der Waals surface area (Å²) in [6.45, 7) is 0. The number of hydrogen-bond acceptors (Lipinski definition) is 6. The Kier molecular flexibility index (Phi) is 4.72. The zero-order valence-electron chi connectivity index (χ0n) is 12.7. The number of aromatic nitrogens is 3. The van der Waals surface area contributed by atoms with Crippen molar-refractivity contribution in [2.45, 2.75) is 16.8 Å². The molecule has 6 nitrogen and oxygen atoms in total. The Hall–Kier alpha value is -2.46. The fraction of sp³-hybridized carbons (Fsp3) is 0.133. The Morgan fingerprint density at radius 2 is 1.85 bits per heavy atom. The van der Waals surface area contributed by atoms with Crippen LogP contribution in [0.3, 0.4) is 0 Å². The van der Waals surface area contributed by atoms with E-state index in [-0.39, 0.29) is 27.3 Å². The van der Waals surface area contributed by atoms with Gasteiger partial charge in [0.2, 0.25) is 11.7 Å². The first-order valence-corrected chi connectivity index (χ1v) is 9.03. The van der Waals surface area contributed by atoms with Crippen LogP contribution in [-0.4, -0.2) is 23.5 Å². The Morgan fingerprint density at radius 1 is 1.15 bits per heavy atom. The molecule has 3 aromatic rings. The molecular formula is C15H9ClF3N3O3S. The number of nitrogens with zero attached hydrogens (tertiary/aromatic N) is 3. The largest absolute Gasteiger partial charge is 0.417 e. The Balaban J connectivity index is 1.87. The lowest BCUT2D eigenvalue weighted by Gasteiger charge is -2.07. The molecule has 0 unspecified atom stereocenters. The van der Waals surface area contributed by atoms with Crippen LogP contribution in [0.2, 0.25) is 5.02 Å². The van der Waals surface area contributed by atoms with Crippen molar-refractivity contribution in [3.05, 3.63) is 59.1 Å². The molecule has 0 fully saturated rings. The summed E-state index contributed by atoms with van der Waals surface area (Å²) in [5, 5.41) is 3.20. The number of halogens is 4. The van der Waals surface area contributed by atoms with E-state index in [4.69, 9.17) is 16.1 Å². The second-order valence-corrected chi connectivity index (χ2v) is 7.53. The van der Waals surface area contributed by atoms with Crippen molar-refractivity contribution in [1.82, 2.24) is 15.1 Å². The summed E-state index contributed by atoms with van der Waals surface area (Å²) in [5.74, 6) is -1.01. The van der Waals surface area contributed by atoms with E-state index < -0.39 is 27.3 Å². The average molecular weight is 404 g/mol. The quantitative estimate of drug-likeness (QED) is 0.659. The monoisotopic (exact) mass is 403 g/mol. The van der Waals surface area contributed by atoms with Gasteiger partial charge >= 0.3 is 6.18 Å². The molecule has 136 valence electrons. The third-order valence-corrected chi connectivity index (χ3v) is 5.17. The van der Waals surface area contributed by atoms with Crippen LogP contribution < -0.4 is 0 Å². The summed E-state index contributed by atoms with van der Waals surface area (Å²) in [4.78, 5) is 7.53. The van der Waals surface area contributed by atoms with Gasteiger partial charge in [-0.1, -0.05) is 35.0 Å². The molecule has 0 N–H and O–H groups in total. The highest BCUT2D eigenvalue weighted by atomic mass is 35.5. The van der Waals surface area contributed by atoms with E-state index in [9.17, 15) is 21.6 Å². The molecule has 1 aromatic carbocycles. The fourth-order valence-corrected chi connectivity index (χ4v) is 3.47. The minimum atomic E-state index is -4.60. The van der Waals surface area contributed by atoms with Crippen molar-refractivity contribution >= 4 is 21.4 Å². The van der Waals surface area contributed by atoms with Crippen molar-refractivity contribution in [3.63, 3.8) is 0 Å². The number of rotatable bonds is 4. The number of sulfone groups is 1. The maximum absolute atomic E-state index is 12.6. The van der Waals surface area contributed by atoms with Crippen LogP contribution in [-0.2, 0) is 21.8 Å². The zero-order valence-corrected chi connectivity index (χ0v) is 14.3. The normalized spacial score (nSPS) is 12.3. The third kappa shape index (κ3) is 3.86. The summed E-state index contributed by atoms with van der Waals surface area (Å²) < 4.78 is 67.3. The second kappa shape index (κ2) is 6.69. The smallest absolute Gasteiger partial charge is 0.338 e. The van der Waals surface area contributed by atoms with Gasteiger partial charge in [-0.05, 0) is 18.2 Å². The van der Waals surface area contributed by atoms with Gasteiger partial charge in [0, 0.05) is 6.20 Å². The van der Waals surface area contributed by atoms with Gasteiger partial charge in [0.25, 0.3) is 0 Å². The number of benzene rings is 1. The molecule has 0 aliphatic rings. The molecule has 0 saturated carbocycles. The van der Waals surface area contributed by atoms with Crippen LogP contribution >= 0.6 is 11.6 Å². The Labute approximate surface area is 150 Å². The SMILES string of the molecule is O=S(=O)(Cc1nc(-c2ncc(C(F)(F)F)cc2Cl)no1)c1ccccc1. The fourth-order valence-electron chi connectivity index (χ4n) is 2.04. The summed E-state index contributed by atoms with van der Waals surface area (Å²) in [5.41, 5.74) is -1.17. The predicted molar refractivity (Wildman–Crippen MR) is 84.9 cm³/mol. The van der Waals surface area contributed by atoms with Crippen LogP contribution in [0.4, 0.5) is 13.2 Å². The number of alkyl halides is 3. The van der Waals surface area contributed by atoms with Gasteiger partial charge in [-0.15, -0.1) is 0 Å². The highest BCUT2D eigenvalue weighted by Crippen LogP contribution is 2.33. The van der Waals surface area contributed by atoms with Crippen molar-refractivity contribution < 1.29 is 26.1 Å². The van der Waals surface area contributed by atoms with Crippen molar-refractivity contribution in [1.29, 1.82) is 0 Å². The predicted octanol–water partition coefficient (Wildman–Crippen LogP) is 3.78. The molecule has 26 heavy (non-hydrogen) atoms. The molecular weight excluding hydrogens is 395 g/mol. The van der Waals surface area contributed by atoms with Crippen molar-refractivity contribution in [2.75, 3.05) is 0 Å². The van der Waals surface area contributed by atoms with Gasteiger partial charge in [0.1, 0.15) is 11.4 Å². The topological polar surface area (TPSA) is 86.0 Å². The lowest BCUT2D eigenvalue weighted by atomic mass is 10.2. The molecule has 0 atom stereocenters. The van der Waals surface area contributed by atoms with Gasteiger partial charge < -0.3 is 4.52 Å². The lowest BCUT2D eigenvalue weighted by molar-refractivity contribution is -0.137. The van der Waals surface area contributed by atoms with Crippen LogP contribution in [0.15, 0.2) is 52.0 Å². The standard InChI is InChI=1S/C15H9ClF3N3O3S/c16-11-6-9(15(17,18)19)7-20-13(11)14-21-12(25-22-14)8-26(23,24)10-4-2-1-3-5-10/h1-7H,8H2. The van der Waals surface area contributed by atoms with E-state index in [0.29, 0.717) is 12.3 Å². The molecule has 3 rings (SSSR count). The van der Waals surface area contributed by atoms with Crippen LogP contribution in [0, 0.1) is 0 Å². The van der Waals surface area contributed by atoms with E-state index in [1.54, 1.807) is 18.2 Å². The van der Waals surface area contributed by atoms with Gasteiger partial charge in [-0.2, -0.15) is 18.2 Å². The third-order valence-electron chi connectivity index (χ3n) is 3.26. The van der Waals surface area contributed by atoms with Gasteiger partial charge in [-0.25, -0.2) is 8.42 Å². The van der Waals surface area contributed by atoms with Gasteiger partial charge in [0.05, 0.1) is 15.5 Å². The molecule has 0 aliphatic carbocycles. The Morgan fingerprint density at radius 3 is 2.46 bits per heavy atom. The molecule has 0 amide bonds. The molecule has 0 saturated heterocycles. The minimum absolute atomic E-state index is 0.0745. The number of pyridine rings is 1. The summed E-state index contributed by atoms with van der Waals surface area (Å²) >= 11 is 5.81. The zero-order chi connectivity index (χ0) is 18.9. The van der Waals surface area contributed by atoms with E-state index in [1.807, 2.05) is 0 Å². The maximum atomic E-state index is 12.6. The highest BCUT2D eigenvalue weighted by Gasteiger charge is 2.32. The summed E-state index contributed by atoms with van der Waals surface area (Å²) in [7, 11) is -3.72. The maximum Gasteiger partial charge on any atom is 0.417 e. The molecule has 2 aromatic heterocycles. The lowest BCUT2D eigenvalue weighted by Crippen LogP contribution is -2.06. The van der Waals surface area contributed by atoms with Crippen molar-refractivity contribution in [3.8, 4) is 11.5 Å². The van der Waals surface area contributed by atoms with E-state index in [1.165, 1.54) is 12.1 Å². The van der Waals surface area contributed by atoms with Crippen LogP contribution in [0.5, 0.6) is 0 Å². The number of hydrogen-bond donors (Lipinski definition) is 0. The molecule has 11 heteroatoms. The first-order chi connectivity index (χ1) is 12.2. The first-order valence-electron chi connectivity index (χ1n) is 7.00. The second-order valence-electron chi connectivity index (χ2n) is 5.14. The average Bonchev–Trinajstić information content (AvgIpc) is 3.02. The molecule has 0 spiro atoms. The van der Waals surface area contributed by atoms with Crippen LogP contribution in [0.25, 0.3) is 11.5 Å². The Bertz CT molecular complexity index is 1040. The van der Waals surface area contributed by atoms with E-state index in [2.05, 4.69) is 15.1 Å². The molecule has 0 aliphatic heterocycles. The van der Waals surface area contributed by atoms with E-state index >= 15 is 0 Å². The van der Waals surface area contributed by atoms with Crippen molar-refractivity contribution in [2.24, 2.45) is 0 Å². The first kappa shape index (κ1) is 18.3. The van der Waals surface area contributed by atoms with Gasteiger partial charge in [-0.3, -0.25) is 4.98 Å². The van der Waals surface area contributed by atoms with E-state index in [0.717, 1.165) is 0 Å². The minimum Gasteiger partial charge on any atom is -0.338 e. The molecule has 0 bridgehead atoms. The molecule has 2 heterocycles. The summed E-state index contributed by atoms with van der Waals surface area (Å²) in [6.07, 6.45) is -4.01.